The monoisotopic (exact) mass is 357 g/mol. The van der Waals surface area contributed by atoms with Crippen LogP contribution in [0, 0.1) is 0 Å². The number of aromatic nitrogens is 4. The summed E-state index contributed by atoms with van der Waals surface area (Å²) >= 11 is 0. The summed E-state index contributed by atoms with van der Waals surface area (Å²) in [6, 6.07) is 14.0. The third-order valence-corrected chi connectivity index (χ3v) is 5.13. The highest BCUT2D eigenvalue weighted by atomic mass is 16.1. The molecule has 0 bridgehead atoms. The van der Waals surface area contributed by atoms with Crippen molar-refractivity contribution in [2.75, 3.05) is 6.54 Å². The minimum atomic E-state index is -0.0493. The highest BCUT2D eigenvalue weighted by Gasteiger charge is 2.22. The second-order valence-electron chi connectivity index (χ2n) is 6.87. The summed E-state index contributed by atoms with van der Waals surface area (Å²) in [6.07, 6.45) is 4.39. The molecule has 0 fully saturated rings. The van der Waals surface area contributed by atoms with Crippen molar-refractivity contribution in [3.8, 4) is 11.5 Å². The van der Waals surface area contributed by atoms with Gasteiger partial charge in [-0.15, -0.1) is 0 Å². The van der Waals surface area contributed by atoms with E-state index < -0.39 is 0 Å². The van der Waals surface area contributed by atoms with Gasteiger partial charge in [0, 0.05) is 43.1 Å². The van der Waals surface area contributed by atoms with Gasteiger partial charge in [-0.3, -0.25) is 14.7 Å². The van der Waals surface area contributed by atoms with Crippen molar-refractivity contribution in [3.05, 3.63) is 82.0 Å². The lowest BCUT2D eigenvalue weighted by Crippen LogP contribution is -2.35. The fourth-order valence-electron chi connectivity index (χ4n) is 3.78. The standard InChI is InChI=1S/C21H19N5O/c27-21-16-8-11-26(12-15-5-3-4-14-7-10-23-19(14)15)13-18(16)24-20(25-21)17-6-1-2-9-22-17/h1-7,9-10,23H,8,11-13H2,(H,24,25,27). The van der Waals surface area contributed by atoms with Crippen LogP contribution in [0.2, 0.25) is 0 Å². The number of hydrogen-bond donors (Lipinski definition) is 2. The van der Waals surface area contributed by atoms with Gasteiger partial charge in [-0.05, 0) is 35.6 Å². The molecule has 0 aliphatic carbocycles. The van der Waals surface area contributed by atoms with Gasteiger partial charge >= 0.3 is 0 Å². The second kappa shape index (κ2) is 6.48. The summed E-state index contributed by atoms with van der Waals surface area (Å²) in [6.45, 7) is 2.33. The quantitative estimate of drug-likeness (QED) is 0.591. The Morgan fingerprint density at radius 1 is 1.11 bits per heavy atom. The second-order valence-corrected chi connectivity index (χ2v) is 6.87. The Morgan fingerprint density at radius 3 is 2.96 bits per heavy atom. The van der Waals surface area contributed by atoms with E-state index >= 15 is 0 Å². The van der Waals surface area contributed by atoms with Crippen LogP contribution in [0.5, 0.6) is 0 Å². The van der Waals surface area contributed by atoms with Crippen LogP contribution in [0.25, 0.3) is 22.4 Å². The lowest BCUT2D eigenvalue weighted by Gasteiger charge is -2.27. The van der Waals surface area contributed by atoms with E-state index in [-0.39, 0.29) is 5.56 Å². The van der Waals surface area contributed by atoms with Crippen LogP contribution >= 0.6 is 0 Å². The maximum atomic E-state index is 12.5. The fourth-order valence-corrected chi connectivity index (χ4v) is 3.78. The van der Waals surface area contributed by atoms with Crippen molar-refractivity contribution in [2.24, 2.45) is 0 Å². The van der Waals surface area contributed by atoms with Crippen molar-refractivity contribution in [1.82, 2.24) is 24.8 Å². The Morgan fingerprint density at radius 2 is 2.07 bits per heavy atom. The maximum Gasteiger partial charge on any atom is 0.254 e. The molecule has 0 amide bonds. The van der Waals surface area contributed by atoms with Gasteiger partial charge in [0.2, 0.25) is 0 Å². The molecule has 4 heterocycles. The molecule has 1 aromatic carbocycles. The number of para-hydroxylation sites is 1. The fraction of sp³-hybridized carbons (Fsp3) is 0.190. The van der Waals surface area contributed by atoms with Crippen LogP contribution in [0.15, 0.2) is 59.7 Å². The summed E-state index contributed by atoms with van der Waals surface area (Å²) in [5.74, 6) is 0.535. The molecule has 0 radical (unpaired) electrons. The Balaban J connectivity index is 1.46. The van der Waals surface area contributed by atoms with E-state index in [2.05, 4.69) is 44.1 Å². The topological polar surface area (TPSA) is 77.7 Å². The van der Waals surface area contributed by atoms with Crippen LogP contribution in [-0.4, -0.2) is 31.4 Å². The number of pyridine rings is 1. The number of nitrogens with one attached hydrogen (secondary N) is 2. The van der Waals surface area contributed by atoms with Gasteiger partial charge in [0.25, 0.3) is 5.56 Å². The zero-order chi connectivity index (χ0) is 18.2. The number of rotatable bonds is 3. The zero-order valence-corrected chi connectivity index (χ0v) is 14.8. The Bertz CT molecular complexity index is 1160. The summed E-state index contributed by atoms with van der Waals surface area (Å²) < 4.78 is 0. The molecule has 3 aromatic heterocycles. The van der Waals surface area contributed by atoms with E-state index in [4.69, 9.17) is 4.98 Å². The number of hydrogen-bond acceptors (Lipinski definition) is 4. The first-order chi connectivity index (χ1) is 13.3. The number of benzene rings is 1. The lowest BCUT2D eigenvalue weighted by molar-refractivity contribution is 0.241. The molecule has 0 saturated heterocycles. The Kier molecular flexibility index (Phi) is 3.83. The van der Waals surface area contributed by atoms with Gasteiger partial charge in [0.1, 0.15) is 5.69 Å². The van der Waals surface area contributed by atoms with Gasteiger partial charge in [-0.1, -0.05) is 24.3 Å². The minimum Gasteiger partial charge on any atom is -0.361 e. The van der Waals surface area contributed by atoms with E-state index in [1.807, 2.05) is 24.4 Å². The number of fused-ring (bicyclic) bond motifs is 2. The maximum absolute atomic E-state index is 12.5. The van der Waals surface area contributed by atoms with E-state index in [1.54, 1.807) is 6.20 Å². The highest BCUT2D eigenvalue weighted by Crippen LogP contribution is 2.22. The molecule has 4 aromatic rings. The summed E-state index contributed by atoms with van der Waals surface area (Å²) in [5, 5.41) is 1.22. The molecular weight excluding hydrogens is 338 g/mol. The minimum absolute atomic E-state index is 0.0493. The first-order valence-electron chi connectivity index (χ1n) is 9.09. The number of H-pyrrole nitrogens is 2. The predicted octanol–water partition coefficient (Wildman–Crippen LogP) is 2.87. The van der Waals surface area contributed by atoms with Crippen molar-refractivity contribution in [3.63, 3.8) is 0 Å². The van der Waals surface area contributed by atoms with E-state index in [0.717, 1.165) is 24.3 Å². The summed E-state index contributed by atoms with van der Waals surface area (Å²) in [4.78, 5) is 30.1. The van der Waals surface area contributed by atoms with Gasteiger partial charge in [-0.25, -0.2) is 4.98 Å². The molecule has 1 aliphatic heterocycles. The van der Waals surface area contributed by atoms with Crippen molar-refractivity contribution in [2.45, 2.75) is 19.5 Å². The third-order valence-electron chi connectivity index (χ3n) is 5.13. The molecule has 1 aliphatic rings. The molecule has 6 heteroatoms. The molecule has 2 N–H and O–H groups in total. The number of nitrogens with zero attached hydrogens (tertiary/aromatic N) is 3. The van der Waals surface area contributed by atoms with Gasteiger partial charge in [-0.2, -0.15) is 0 Å². The molecule has 0 atom stereocenters. The van der Waals surface area contributed by atoms with Crippen LogP contribution in [-0.2, 0) is 19.5 Å². The average Bonchev–Trinajstić information content (AvgIpc) is 3.18. The van der Waals surface area contributed by atoms with E-state index in [1.165, 1.54) is 16.5 Å². The van der Waals surface area contributed by atoms with Crippen LogP contribution in [0.3, 0.4) is 0 Å². The molecule has 0 spiro atoms. The van der Waals surface area contributed by atoms with Crippen LogP contribution < -0.4 is 5.56 Å². The first kappa shape index (κ1) is 16.0. The zero-order valence-electron chi connectivity index (χ0n) is 14.8. The van der Waals surface area contributed by atoms with Gasteiger partial charge in [0.15, 0.2) is 5.82 Å². The van der Waals surface area contributed by atoms with Gasteiger partial charge < -0.3 is 9.97 Å². The Labute approximate surface area is 155 Å². The van der Waals surface area contributed by atoms with Crippen LogP contribution in [0.4, 0.5) is 0 Å². The lowest BCUT2D eigenvalue weighted by atomic mass is 10.0. The van der Waals surface area contributed by atoms with Crippen molar-refractivity contribution < 1.29 is 0 Å². The smallest absolute Gasteiger partial charge is 0.254 e. The SMILES string of the molecule is O=c1[nH]c(-c2ccccn2)nc2c1CCN(Cc1cccc3cc[nH]c13)C2. The average molecular weight is 357 g/mol. The first-order valence-corrected chi connectivity index (χ1v) is 9.09. The van der Waals surface area contributed by atoms with E-state index in [0.29, 0.717) is 24.5 Å². The molecule has 27 heavy (non-hydrogen) atoms. The number of aromatic amines is 2. The third kappa shape index (κ3) is 2.94. The molecule has 134 valence electrons. The van der Waals surface area contributed by atoms with Crippen molar-refractivity contribution in [1.29, 1.82) is 0 Å². The summed E-state index contributed by atoms with van der Waals surface area (Å²) in [5.41, 5.74) is 4.72. The van der Waals surface area contributed by atoms with Gasteiger partial charge in [0.05, 0.1) is 5.69 Å². The molecule has 0 unspecified atom stereocenters. The largest absolute Gasteiger partial charge is 0.361 e. The summed E-state index contributed by atoms with van der Waals surface area (Å²) in [7, 11) is 0. The van der Waals surface area contributed by atoms with Crippen LogP contribution in [0.1, 0.15) is 16.8 Å². The van der Waals surface area contributed by atoms with E-state index in [9.17, 15) is 4.79 Å². The highest BCUT2D eigenvalue weighted by molar-refractivity contribution is 5.82. The normalized spacial score (nSPS) is 14.4. The predicted molar refractivity (Wildman–Crippen MR) is 104 cm³/mol. The molecule has 0 saturated carbocycles. The molecule has 6 nitrogen and oxygen atoms in total. The molecular formula is C21H19N5O. The molecule has 5 rings (SSSR count). The Hall–Kier alpha value is -3.25. The van der Waals surface area contributed by atoms with Crippen molar-refractivity contribution >= 4 is 10.9 Å².